The molecule has 0 spiro atoms. The van der Waals surface area contributed by atoms with Crippen molar-refractivity contribution in [3.05, 3.63) is 24.3 Å². The number of benzene rings is 1. The van der Waals surface area contributed by atoms with E-state index in [1.165, 1.54) is 88.8 Å². The monoisotopic (exact) mass is 437 g/mol. The Morgan fingerprint density at radius 1 is 0.812 bits per heavy atom. The fourth-order valence-corrected chi connectivity index (χ4v) is 6.45. The zero-order valence-electron chi connectivity index (χ0n) is 20.4. The molecule has 0 N–H and O–H groups in total. The molecule has 32 heavy (non-hydrogen) atoms. The minimum absolute atomic E-state index is 0.409. The van der Waals surface area contributed by atoms with Crippen molar-refractivity contribution in [1.29, 1.82) is 0 Å². The highest BCUT2D eigenvalue weighted by atomic mass is 15.4. The number of nitrogens with zero attached hydrogens (tertiary/aromatic N) is 5. The van der Waals surface area contributed by atoms with Gasteiger partial charge in [0, 0.05) is 50.8 Å². The quantitative estimate of drug-likeness (QED) is 0.650. The number of anilines is 1. The van der Waals surface area contributed by atoms with Gasteiger partial charge in [-0.1, -0.05) is 50.7 Å². The summed E-state index contributed by atoms with van der Waals surface area (Å²) in [4.78, 5) is 13.0. The van der Waals surface area contributed by atoms with Gasteiger partial charge in [-0.2, -0.15) is 0 Å². The normalized spacial score (nSPS) is 24.9. The van der Waals surface area contributed by atoms with Crippen LogP contribution >= 0.6 is 0 Å². The highest BCUT2D eigenvalue weighted by molar-refractivity contribution is 5.79. The lowest BCUT2D eigenvalue weighted by molar-refractivity contribution is 0.0486. The van der Waals surface area contributed by atoms with Crippen LogP contribution in [0.4, 0.5) is 5.95 Å². The standard InChI is InChI=1S/C27H43N5/c1-27(15-9-5-3-4-6-10-16-27)31-17-13-23(14-18-31)32-25-12-8-7-11-24(25)28-26(32)30-21-19-29(2)20-22-30/h7-8,11-12,23H,3-6,9-10,13-22H2,1-2H3. The maximum absolute atomic E-state index is 5.15. The third-order valence-corrected chi connectivity index (χ3v) is 8.64. The SMILES string of the molecule is CN1CCN(c2nc3ccccc3n2C2CCN(C3(C)CCCCCCCC3)CC2)CC1. The molecule has 2 saturated heterocycles. The summed E-state index contributed by atoms with van der Waals surface area (Å²) in [7, 11) is 2.23. The summed E-state index contributed by atoms with van der Waals surface area (Å²) in [5, 5.41) is 0. The lowest BCUT2D eigenvalue weighted by Crippen LogP contribution is -2.50. The third kappa shape index (κ3) is 4.56. The molecular weight excluding hydrogens is 394 g/mol. The number of piperidine rings is 1. The van der Waals surface area contributed by atoms with E-state index in [2.05, 4.69) is 57.5 Å². The van der Waals surface area contributed by atoms with Gasteiger partial charge in [-0.15, -0.1) is 0 Å². The van der Waals surface area contributed by atoms with Crippen LogP contribution in [0.5, 0.6) is 0 Å². The van der Waals surface area contributed by atoms with Crippen LogP contribution in [0.3, 0.4) is 0 Å². The number of rotatable bonds is 3. The second-order valence-electron chi connectivity index (χ2n) is 10.9. The van der Waals surface area contributed by atoms with Crippen molar-refractivity contribution in [2.75, 3.05) is 51.2 Å². The van der Waals surface area contributed by atoms with E-state index in [1.54, 1.807) is 0 Å². The Kier molecular flexibility index (Phi) is 6.75. The molecule has 0 bridgehead atoms. The maximum Gasteiger partial charge on any atom is 0.206 e. The Morgan fingerprint density at radius 3 is 2.12 bits per heavy atom. The van der Waals surface area contributed by atoms with E-state index in [1.807, 2.05) is 0 Å². The number of hydrogen-bond acceptors (Lipinski definition) is 4. The first-order chi connectivity index (χ1) is 15.6. The highest BCUT2D eigenvalue weighted by Crippen LogP contribution is 2.38. The molecular formula is C27H43N5. The van der Waals surface area contributed by atoms with Crippen molar-refractivity contribution in [3.8, 4) is 0 Å². The van der Waals surface area contributed by atoms with Gasteiger partial charge in [-0.25, -0.2) is 4.98 Å². The summed E-state index contributed by atoms with van der Waals surface area (Å²) < 4.78 is 2.61. The predicted molar refractivity (Wildman–Crippen MR) is 135 cm³/mol. The smallest absolute Gasteiger partial charge is 0.206 e. The average molecular weight is 438 g/mol. The molecule has 0 amide bonds. The molecule has 3 heterocycles. The van der Waals surface area contributed by atoms with Gasteiger partial charge in [0.15, 0.2) is 0 Å². The predicted octanol–water partition coefficient (Wildman–Crippen LogP) is 5.32. The van der Waals surface area contributed by atoms with Crippen LogP contribution in [0, 0.1) is 0 Å². The molecule has 5 rings (SSSR count). The zero-order chi connectivity index (χ0) is 22.0. The summed E-state index contributed by atoms with van der Waals surface area (Å²) in [6.45, 7) is 9.44. The van der Waals surface area contributed by atoms with Gasteiger partial charge < -0.3 is 14.4 Å². The second kappa shape index (κ2) is 9.72. The van der Waals surface area contributed by atoms with Crippen LogP contribution in [0.25, 0.3) is 11.0 Å². The van der Waals surface area contributed by atoms with Crippen LogP contribution in [-0.2, 0) is 0 Å². The zero-order valence-corrected chi connectivity index (χ0v) is 20.4. The van der Waals surface area contributed by atoms with E-state index < -0.39 is 0 Å². The van der Waals surface area contributed by atoms with Crippen LogP contribution in [0.1, 0.15) is 77.2 Å². The number of para-hydroxylation sites is 2. The number of fused-ring (bicyclic) bond motifs is 1. The van der Waals surface area contributed by atoms with Crippen molar-refractivity contribution in [2.45, 2.75) is 82.7 Å². The third-order valence-electron chi connectivity index (χ3n) is 8.64. The molecule has 0 radical (unpaired) electrons. The van der Waals surface area contributed by atoms with Crippen molar-refractivity contribution < 1.29 is 0 Å². The Labute approximate surface area is 194 Å². The molecule has 176 valence electrons. The lowest BCUT2D eigenvalue weighted by Gasteiger charge is -2.46. The van der Waals surface area contributed by atoms with Crippen LogP contribution in [0.15, 0.2) is 24.3 Å². The molecule has 1 aromatic carbocycles. The average Bonchev–Trinajstić information content (AvgIpc) is 3.25. The van der Waals surface area contributed by atoms with E-state index in [0.29, 0.717) is 11.6 Å². The molecule has 3 fully saturated rings. The molecule has 1 aliphatic carbocycles. The van der Waals surface area contributed by atoms with Crippen molar-refractivity contribution >= 4 is 17.0 Å². The Morgan fingerprint density at radius 2 is 1.44 bits per heavy atom. The number of imidazole rings is 1. The second-order valence-corrected chi connectivity index (χ2v) is 10.9. The summed E-state index contributed by atoms with van der Waals surface area (Å²) in [6.07, 6.45) is 13.8. The lowest BCUT2D eigenvalue weighted by atomic mass is 9.85. The van der Waals surface area contributed by atoms with Gasteiger partial charge in [0.2, 0.25) is 5.95 Å². The molecule has 2 aliphatic heterocycles. The Hall–Kier alpha value is -1.59. The van der Waals surface area contributed by atoms with Crippen molar-refractivity contribution in [2.24, 2.45) is 0 Å². The van der Waals surface area contributed by atoms with Gasteiger partial charge in [0.05, 0.1) is 11.0 Å². The molecule has 5 heteroatoms. The Balaban J connectivity index is 1.35. The fraction of sp³-hybridized carbons (Fsp3) is 0.741. The van der Waals surface area contributed by atoms with Gasteiger partial charge in [-0.05, 0) is 51.8 Å². The van der Waals surface area contributed by atoms with E-state index in [4.69, 9.17) is 4.98 Å². The molecule has 1 saturated carbocycles. The van der Waals surface area contributed by atoms with Crippen molar-refractivity contribution in [3.63, 3.8) is 0 Å². The molecule has 3 aliphatic rings. The summed E-state index contributed by atoms with van der Waals surface area (Å²) in [5.41, 5.74) is 2.90. The molecule has 1 aromatic heterocycles. The number of aromatic nitrogens is 2. The molecule has 0 atom stereocenters. The highest BCUT2D eigenvalue weighted by Gasteiger charge is 2.35. The van der Waals surface area contributed by atoms with E-state index in [9.17, 15) is 0 Å². The van der Waals surface area contributed by atoms with Crippen LogP contribution in [-0.4, -0.2) is 71.2 Å². The first kappa shape index (κ1) is 22.2. The number of hydrogen-bond donors (Lipinski definition) is 0. The number of likely N-dealkylation sites (N-methyl/N-ethyl adjacent to an activating group) is 1. The first-order valence-corrected chi connectivity index (χ1v) is 13.3. The molecule has 2 aromatic rings. The van der Waals surface area contributed by atoms with Gasteiger partial charge in [0.1, 0.15) is 0 Å². The molecule has 5 nitrogen and oxygen atoms in total. The maximum atomic E-state index is 5.15. The van der Waals surface area contributed by atoms with Crippen LogP contribution in [0.2, 0.25) is 0 Å². The van der Waals surface area contributed by atoms with Crippen molar-refractivity contribution in [1.82, 2.24) is 19.4 Å². The number of piperazine rings is 1. The van der Waals surface area contributed by atoms with E-state index >= 15 is 0 Å². The van der Waals surface area contributed by atoms with E-state index in [0.717, 1.165) is 31.7 Å². The summed E-state index contributed by atoms with van der Waals surface area (Å²) in [6, 6.07) is 9.36. The molecule has 0 unspecified atom stereocenters. The van der Waals surface area contributed by atoms with Gasteiger partial charge >= 0.3 is 0 Å². The van der Waals surface area contributed by atoms with Crippen LogP contribution < -0.4 is 4.90 Å². The summed E-state index contributed by atoms with van der Waals surface area (Å²) in [5.74, 6) is 1.21. The minimum Gasteiger partial charge on any atom is -0.340 e. The topological polar surface area (TPSA) is 27.5 Å². The van der Waals surface area contributed by atoms with Gasteiger partial charge in [0.25, 0.3) is 0 Å². The first-order valence-electron chi connectivity index (χ1n) is 13.3. The summed E-state index contributed by atoms with van der Waals surface area (Å²) >= 11 is 0. The van der Waals surface area contributed by atoms with E-state index in [-0.39, 0.29) is 0 Å². The largest absolute Gasteiger partial charge is 0.340 e. The number of likely N-dealkylation sites (tertiary alicyclic amines) is 1. The van der Waals surface area contributed by atoms with Gasteiger partial charge in [-0.3, -0.25) is 4.90 Å². The fourth-order valence-electron chi connectivity index (χ4n) is 6.45. The minimum atomic E-state index is 0.409. The Bertz CT molecular complexity index is 863.